The van der Waals surface area contributed by atoms with Crippen molar-refractivity contribution >= 4 is 12.2 Å². The summed E-state index contributed by atoms with van der Waals surface area (Å²) >= 11 is 0. The minimum Gasteiger partial charge on any atom is -1.00 e. The largest absolute Gasteiger partial charge is 2.00 e. The SMILES string of the molecule is [CH]1C=Cc2ccccc21.[CH]1C=Cc2ccccc21.[Cl-].[Cl-].[Zr+2]. The number of hydrogen-bond donors (Lipinski definition) is 0. The second kappa shape index (κ2) is 10.2. The minimum absolute atomic E-state index is 0. The third kappa shape index (κ3) is 5.26. The molecule has 3 heteroatoms. The van der Waals surface area contributed by atoms with E-state index in [2.05, 4.69) is 85.7 Å². The van der Waals surface area contributed by atoms with Gasteiger partial charge in [0, 0.05) is 12.8 Å². The summed E-state index contributed by atoms with van der Waals surface area (Å²) in [6.07, 6.45) is 12.6. The summed E-state index contributed by atoms with van der Waals surface area (Å²) in [6.45, 7) is 0. The molecule has 2 aliphatic carbocycles. The average molecular weight is 392 g/mol. The van der Waals surface area contributed by atoms with E-state index in [9.17, 15) is 0 Å². The molecule has 0 saturated carbocycles. The van der Waals surface area contributed by atoms with Crippen LogP contribution in [-0.4, -0.2) is 0 Å². The van der Waals surface area contributed by atoms with Crippen LogP contribution in [0.2, 0.25) is 0 Å². The van der Waals surface area contributed by atoms with Crippen molar-refractivity contribution < 1.29 is 51.0 Å². The molecule has 21 heavy (non-hydrogen) atoms. The standard InChI is InChI=1S/2C9H7.2ClH.Zr/c2*1-2-5-9-7-3-6-8(9)4-1;;;/h2*1-7H;2*1H;/q;;;;+2/p-2. The predicted molar refractivity (Wildman–Crippen MR) is 77.8 cm³/mol. The summed E-state index contributed by atoms with van der Waals surface area (Å²) in [7, 11) is 0. The first-order valence-electron chi connectivity index (χ1n) is 6.14. The maximum Gasteiger partial charge on any atom is 2.00 e. The zero-order valence-electron chi connectivity index (χ0n) is 11.3. The van der Waals surface area contributed by atoms with Crippen molar-refractivity contribution in [2.24, 2.45) is 0 Å². The molecule has 0 bridgehead atoms. The summed E-state index contributed by atoms with van der Waals surface area (Å²) in [4.78, 5) is 0. The zero-order chi connectivity index (χ0) is 12.2. The van der Waals surface area contributed by atoms with Gasteiger partial charge in [-0.25, -0.2) is 0 Å². The maximum absolute atomic E-state index is 2.12. The average Bonchev–Trinajstić information content (AvgIpc) is 3.08. The molecule has 0 heterocycles. The molecule has 0 amide bonds. The molecule has 0 nitrogen and oxygen atoms in total. The Morgan fingerprint density at radius 3 is 1.14 bits per heavy atom. The first-order chi connectivity index (χ1) is 8.93. The minimum atomic E-state index is 0. The molecule has 0 aliphatic heterocycles. The van der Waals surface area contributed by atoms with E-state index >= 15 is 0 Å². The quantitative estimate of drug-likeness (QED) is 0.514. The van der Waals surface area contributed by atoms with E-state index in [1.54, 1.807) is 0 Å². The fourth-order valence-corrected chi connectivity index (χ4v) is 2.14. The number of halogens is 2. The van der Waals surface area contributed by atoms with Crippen molar-refractivity contribution in [1.29, 1.82) is 0 Å². The van der Waals surface area contributed by atoms with Crippen LogP contribution < -0.4 is 24.8 Å². The van der Waals surface area contributed by atoms with E-state index in [0.717, 1.165) is 0 Å². The molecule has 2 aliphatic rings. The van der Waals surface area contributed by atoms with Gasteiger partial charge in [0.05, 0.1) is 0 Å². The molecule has 0 N–H and O–H groups in total. The molecule has 0 atom stereocenters. The van der Waals surface area contributed by atoms with Gasteiger partial charge in [0.15, 0.2) is 0 Å². The monoisotopic (exact) mass is 390 g/mol. The second-order valence-electron chi connectivity index (χ2n) is 4.31. The molecule has 2 aromatic carbocycles. The third-order valence-corrected chi connectivity index (χ3v) is 3.10. The fraction of sp³-hybridized carbons (Fsp3) is 0. The molecule has 2 aromatic rings. The van der Waals surface area contributed by atoms with Crippen molar-refractivity contribution in [3.8, 4) is 0 Å². The van der Waals surface area contributed by atoms with Crippen molar-refractivity contribution in [1.82, 2.24) is 0 Å². The van der Waals surface area contributed by atoms with Gasteiger partial charge in [-0.1, -0.05) is 72.8 Å². The third-order valence-electron chi connectivity index (χ3n) is 3.10. The van der Waals surface area contributed by atoms with E-state index in [0.29, 0.717) is 0 Å². The summed E-state index contributed by atoms with van der Waals surface area (Å²) in [5.74, 6) is 0. The van der Waals surface area contributed by atoms with Crippen LogP contribution in [0.3, 0.4) is 0 Å². The van der Waals surface area contributed by atoms with E-state index in [-0.39, 0.29) is 51.0 Å². The van der Waals surface area contributed by atoms with Gasteiger partial charge in [-0.15, -0.1) is 0 Å². The molecular formula is C18H14Cl2Zr. The fourth-order valence-electron chi connectivity index (χ4n) is 2.14. The number of allylic oxidation sites excluding steroid dienone is 2. The van der Waals surface area contributed by atoms with Crippen LogP contribution in [-0.2, 0) is 26.2 Å². The molecule has 4 rings (SSSR count). The summed E-state index contributed by atoms with van der Waals surface area (Å²) in [5, 5.41) is 0. The number of rotatable bonds is 0. The Balaban J connectivity index is 0.000000333. The van der Waals surface area contributed by atoms with E-state index < -0.39 is 0 Å². The van der Waals surface area contributed by atoms with Gasteiger partial charge in [0.2, 0.25) is 0 Å². The van der Waals surface area contributed by atoms with Gasteiger partial charge in [-0.05, 0) is 22.3 Å². The van der Waals surface area contributed by atoms with Crippen LogP contribution in [0.25, 0.3) is 12.2 Å². The summed E-state index contributed by atoms with van der Waals surface area (Å²) < 4.78 is 0. The smallest absolute Gasteiger partial charge is 1.00 e. The van der Waals surface area contributed by atoms with Gasteiger partial charge in [0.1, 0.15) is 0 Å². The molecule has 2 radical (unpaired) electrons. The molecule has 0 unspecified atom stereocenters. The first-order valence-corrected chi connectivity index (χ1v) is 6.14. The van der Waals surface area contributed by atoms with Crippen molar-refractivity contribution in [3.63, 3.8) is 0 Å². The van der Waals surface area contributed by atoms with Crippen LogP contribution in [0.15, 0.2) is 60.7 Å². The Morgan fingerprint density at radius 2 is 0.810 bits per heavy atom. The van der Waals surface area contributed by atoms with Crippen molar-refractivity contribution in [2.45, 2.75) is 0 Å². The number of benzene rings is 2. The predicted octanol–water partition coefficient (Wildman–Crippen LogP) is -1.46. The van der Waals surface area contributed by atoms with Crippen LogP contribution in [0.4, 0.5) is 0 Å². The first kappa shape index (κ1) is 20.4. The molecule has 104 valence electrons. The molecule has 0 fully saturated rings. The van der Waals surface area contributed by atoms with E-state index in [1.165, 1.54) is 22.3 Å². The zero-order valence-corrected chi connectivity index (χ0v) is 15.3. The van der Waals surface area contributed by atoms with Gasteiger partial charge in [-0.3, -0.25) is 0 Å². The number of fused-ring (bicyclic) bond motifs is 2. The molecule has 0 aromatic heterocycles. The van der Waals surface area contributed by atoms with Crippen LogP contribution in [0, 0.1) is 12.8 Å². The van der Waals surface area contributed by atoms with Gasteiger partial charge in [0.25, 0.3) is 0 Å². The Bertz CT molecular complexity index is 563. The number of hydrogen-bond acceptors (Lipinski definition) is 0. The van der Waals surface area contributed by atoms with Gasteiger partial charge in [-0.2, -0.15) is 0 Å². The maximum atomic E-state index is 2.12. The normalized spacial score (nSPS) is 11.8. The Hall–Kier alpha value is -0.617. The second-order valence-corrected chi connectivity index (χ2v) is 4.31. The Morgan fingerprint density at radius 1 is 0.476 bits per heavy atom. The van der Waals surface area contributed by atoms with E-state index in [1.807, 2.05) is 0 Å². The molecule has 0 saturated heterocycles. The molecule has 0 spiro atoms. The van der Waals surface area contributed by atoms with E-state index in [4.69, 9.17) is 0 Å². The Kier molecular flexibility index (Phi) is 9.87. The van der Waals surface area contributed by atoms with Crippen LogP contribution in [0.5, 0.6) is 0 Å². The summed E-state index contributed by atoms with van der Waals surface area (Å²) in [5.41, 5.74) is 5.32. The van der Waals surface area contributed by atoms with Gasteiger partial charge >= 0.3 is 26.2 Å². The topological polar surface area (TPSA) is 0 Å². The van der Waals surface area contributed by atoms with Crippen LogP contribution >= 0.6 is 0 Å². The van der Waals surface area contributed by atoms with Crippen LogP contribution in [0.1, 0.15) is 22.3 Å². The van der Waals surface area contributed by atoms with Crippen molar-refractivity contribution in [2.75, 3.05) is 0 Å². The summed E-state index contributed by atoms with van der Waals surface area (Å²) in [6, 6.07) is 16.7. The van der Waals surface area contributed by atoms with Gasteiger partial charge < -0.3 is 24.8 Å². The Labute approximate surface area is 158 Å². The van der Waals surface area contributed by atoms with Crippen molar-refractivity contribution in [3.05, 3.63) is 95.8 Å². The molecular weight excluding hydrogens is 378 g/mol.